The Morgan fingerprint density at radius 1 is 1.64 bits per heavy atom. The van der Waals surface area contributed by atoms with Crippen LogP contribution in [-0.4, -0.2) is 25.9 Å². The van der Waals surface area contributed by atoms with Crippen molar-refractivity contribution in [1.29, 1.82) is 0 Å². The lowest BCUT2D eigenvalue weighted by Gasteiger charge is -2.24. The van der Waals surface area contributed by atoms with E-state index in [0.29, 0.717) is 0 Å². The fourth-order valence-electron chi connectivity index (χ4n) is 1.97. The van der Waals surface area contributed by atoms with Crippen LogP contribution < -0.4 is 5.32 Å². The molecule has 0 radical (unpaired) electrons. The van der Waals surface area contributed by atoms with Crippen molar-refractivity contribution < 1.29 is 4.74 Å². The summed E-state index contributed by atoms with van der Waals surface area (Å²) in [7, 11) is -0.112. The molecule has 2 rings (SSSR count). The summed E-state index contributed by atoms with van der Waals surface area (Å²) in [4.78, 5) is 0. The van der Waals surface area contributed by atoms with Gasteiger partial charge in [0.05, 0.1) is 9.52 Å². The normalized spacial score (nSPS) is 23.4. The van der Waals surface area contributed by atoms with Crippen molar-refractivity contribution in [3.05, 3.63) is 12.3 Å². The lowest BCUT2D eigenvalue weighted by Crippen LogP contribution is -2.31. The molecule has 0 bridgehead atoms. The molecule has 1 aliphatic rings. The fraction of sp³-hybridized carbons (Fsp3) is 0.700. The maximum atomic E-state index is 5.73. The van der Waals surface area contributed by atoms with Gasteiger partial charge in [0.1, 0.15) is 6.23 Å². The van der Waals surface area contributed by atoms with E-state index >= 15 is 0 Å². The van der Waals surface area contributed by atoms with Crippen molar-refractivity contribution in [3.8, 4) is 0 Å². The fourth-order valence-corrected chi connectivity index (χ4v) is 3.27. The maximum absolute atomic E-state index is 5.73. The molecule has 1 saturated heterocycles. The average molecular weight is 210 g/mol. The number of ether oxygens (including phenoxy) is 1. The van der Waals surface area contributed by atoms with Crippen LogP contribution in [0.25, 0.3) is 0 Å². The number of hydrogen-bond donors (Lipinski definition) is 0. The van der Waals surface area contributed by atoms with E-state index in [-0.39, 0.29) is 15.7 Å². The zero-order valence-electron chi connectivity index (χ0n) is 8.78. The second kappa shape index (κ2) is 4.75. The van der Waals surface area contributed by atoms with E-state index in [1.807, 2.05) is 6.20 Å². The molecular weight excluding hydrogens is 192 g/mol. The summed E-state index contributed by atoms with van der Waals surface area (Å²) in [5, 5.41) is 5.83. The van der Waals surface area contributed by atoms with Crippen molar-refractivity contribution in [2.75, 3.05) is 6.61 Å². The number of aromatic nitrogens is 2. The van der Waals surface area contributed by atoms with Gasteiger partial charge in [-0.2, -0.15) is 5.10 Å². The number of nitrogens with zero attached hydrogens (tertiary/aromatic N) is 2. The lowest BCUT2D eigenvalue weighted by atomic mass is 10.2. The van der Waals surface area contributed by atoms with Gasteiger partial charge in [-0.05, 0) is 25.3 Å². The number of hydrogen-bond acceptors (Lipinski definition) is 2. The van der Waals surface area contributed by atoms with Crippen LogP contribution in [0.15, 0.2) is 12.3 Å². The maximum Gasteiger partial charge on any atom is 0.149 e. The third kappa shape index (κ3) is 2.07. The molecule has 1 unspecified atom stereocenters. The van der Waals surface area contributed by atoms with E-state index in [2.05, 4.69) is 22.8 Å². The summed E-state index contributed by atoms with van der Waals surface area (Å²) >= 11 is 0. The lowest BCUT2D eigenvalue weighted by molar-refractivity contribution is -0.0375. The van der Waals surface area contributed by atoms with Crippen LogP contribution in [-0.2, 0) is 4.74 Å². The van der Waals surface area contributed by atoms with Crippen molar-refractivity contribution >= 4 is 14.8 Å². The van der Waals surface area contributed by atoms with E-state index in [1.54, 1.807) is 0 Å². The predicted molar refractivity (Wildman–Crippen MR) is 59.7 cm³/mol. The molecule has 0 aliphatic carbocycles. The van der Waals surface area contributed by atoms with Crippen molar-refractivity contribution in [2.24, 2.45) is 0 Å². The Labute approximate surface area is 87.3 Å². The van der Waals surface area contributed by atoms with Gasteiger partial charge in [0.15, 0.2) is 0 Å². The van der Waals surface area contributed by atoms with Gasteiger partial charge >= 0.3 is 0 Å². The largest absolute Gasteiger partial charge is 0.357 e. The Morgan fingerprint density at radius 2 is 2.57 bits per heavy atom. The van der Waals surface area contributed by atoms with Gasteiger partial charge < -0.3 is 4.74 Å². The highest BCUT2D eigenvalue weighted by molar-refractivity contribution is 6.52. The van der Waals surface area contributed by atoms with Crippen LogP contribution in [0.5, 0.6) is 0 Å². The highest BCUT2D eigenvalue weighted by atomic mass is 28.2. The quantitative estimate of drug-likeness (QED) is 0.691. The zero-order chi connectivity index (χ0) is 9.80. The summed E-state index contributed by atoms with van der Waals surface area (Å²) in [6.07, 6.45) is 5.76. The monoisotopic (exact) mass is 210 g/mol. The van der Waals surface area contributed by atoms with E-state index in [9.17, 15) is 0 Å². The minimum Gasteiger partial charge on any atom is -0.357 e. The summed E-state index contributed by atoms with van der Waals surface area (Å²) < 4.78 is 7.85. The molecule has 0 N–H and O–H groups in total. The zero-order valence-corrected chi connectivity index (χ0v) is 10.2. The highest BCUT2D eigenvalue weighted by Gasteiger charge is 2.17. The number of rotatable bonds is 3. The van der Waals surface area contributed by atoms with Crippen molar-refractivity contribution in [1.82, 2.24) is 9.78 Å². The molecular formula is C10H18N2OSi. The van der Waals surface area contributed by atoms with Gasteiger partial charge in [0.25, 0.3) is 0 Å². The minimum atomic E-state index is -0.112. The SMILES string of the molecule is CC[SiH2]c1ccnn1C1CCCCO1. The third-order valence-corrected chi connectivity index (χ3v) is 4.26. The Balaban J connectivity index is 2.09. The molecule has 0 spiro atoms. The van der Waals surface area contributed by atoms with Crippen LogP contribution in [0, 0.1) is 0 Å². The van der Waals surface area contributed by atoms with E-state index in [1.165, 1.54) is 24.2 Å². The molecule has 1 aliphatic heterocycles. The van der Waals surface area contributed by atoms with Crippen molar-refractivity contribution in [2.45, 2.75) is 38.5 Å². The first kappa shape index (κ1) is 9.92. The van der Waals surface area contributed by atoms with Gasteiger partial charge in [-0.3, -0.25) is 0 Å². The summed E-state index contributed by atoms with van der Waals surface area (Å²) in [6, 6.07) is 3.46. The van der Waals surface area contributed by atoms with Crippen LogP contribution in [0.4, 0.5) is 0 Å². The van der Waals surface area contributed by atoms with Crippen LogP contribution >= 0.6 is 0 Å². The van der Waals surface area contributed by atoms with Gasteiger partial charge in [-0.15, -0.1) is 0 Å². The molecule has 1 aromatic rings. The minimum absolute atomic E-state index is 0.112. The smallest absolute Gasteiger partial charge is 0.149 e. The summed E-state index contributed by atoms with van der Waals surface area (Å²) in [5.41, 5.74) is 0. The molecule has 0 amide bonds. The standard InChI is InChI=1S/C10H18N2OSi/c1-2-14-10-6-7-11-12(10)9-5-3-4-8-13-9/h6-7,9H,2-5,8,14H2,1H3. The summed E-state index contributed by atoms with van der Waals surface area (Å²) in [5.74, 6) is 0. The van der Waals surface area contributed by atoms with Crippen LogP contribution in [0.1, 0.15) is 32.4 Å². The molecule has 0 aromatic carbocycles. The Kier molecular flexibility index (Phi) is 3.37. The Hall–Kier alpha value is -0.613. The third-order valence-electron chi connectivity index (χ3n) is 2.69. The molecule has 1 fully saturated rings. The van der Waals surface area contributed by atoms with Gasteiger partial charge in [0.2, 0.25) is 0 Å². The second-order valence-corrected chi connectivity index (χ2v) is 6.06. The molecule has 3 nitrogen and oxygen atoms in total. The first-order chi connectivity index (χ1) is 6.92. The van der Waals surface area contributed by atoms with E-state index in [0.717, 1.165) is 13.0 Å². The topological polar surface area (TPSA) is 27.1 Å². The van der Waals surface area contributed by atoms with Crippen LogP contribution in [0.3, 0.4) is 0 Å². The molecule has 1 aromatic heterocycles. The first-order valence-electron chi connectivity index (χ1n) is 5.56. The second-order valence-electron chi connectivity index (χ2n) is 3.84. The van der Waals surface area contributed by atoms with Crippen LogP contribution in [0.2, 0.25) is 6.04 Å². The highest BCUT2D eigenvalue weighted by Crippen LogP contribution is 2.20. The Morgan fingerprint density at radius 3 is 3.29 bits per heavy atom. The predicted octanol–water partition coefficient (Wildman–Crippen LogP) is 0.814. The molecule has 2 heterocycles. The van der Waals surface area contributed by atoms with E-state index < -0.39 is 0 Å². The molecule has 78 valence electrons. The molecule has 14 heavy (non-hydrogen) atoms. The summed E-state index contributed by atoms with van der Waals surface area (Å²) in [6.45, 7) is 3.16. The van der Waals surface area contributed by atoms with Gasteiger partial charge in [-0.25, -0.2) is 4.68 Å². The average Bonchev–Trinajstić information content (AvgIpc) is 2.68. The Bertz CT molecular complexity index is 281. The molecule has 0 saturated carbocycles. The van der Waals surface area contributed by atoms with Gasteiger partial charge in [-0.1, -0.05) is 13.0 Å². The van der Waals surface area contributed by atoms with E-state index in [4.69, 9.17) is 4.74 Å². The first-order valence-corrected chi connectivity index (χ1v) is 7.26. The molecule has 1 atom stereocenters. The van der Waals surface area contributed by atoms with Gasteiger partial charge in [0, 0.05) is 18.1 Å². The van der Waals surface area contributed by atoms with Crippen molar-refractivity contribution in [3.63, 3.8) is 0 Å². The molecule has 4 heteroatoms.